The van der Waals surface area contributed by atoms with Gasteiger partial charge in [-0.15, -0.1) is 12.4 Å². The number of ether oxygens (including phenoxy) is 1. The third kappa shape index (κ3) is 2.19. The molecule has 4 heteroatoms. The van der Waals surface area contributed by atoms with Crippen molar-refractivity contribution in [1.29, 1.82) is 0 Å². The highest BCUT2D eigenvalue weighted by molar-refractivity contribution is 5.85. The van der Waals surface area contributed by atoms with Crippen molar-refractivity contribution < 1.29 is 9.53 Å². The van der Waals surface area contributed by atoms with Gasteiger partial charge in [-0.2, -0.15) is 0 Å². The summed E-state index contributed by atoms with van der Waals surface area (Å²) in [5.74, 6) is 0.440. The smallest absolute Gasteiger partial charge is 0.322 e. The Hall–Kier alpha value is -0.280. The fourth-order valence-electron chi connectivity index (χ4n) is 3.77. The van der Waals surface area contributed by atoms with Gasteiger partial charge in [0.2, 0.25) is 0 Å². The van der Waals surface area contributed by atoms with Crippen LogP contribution in [-0.2, 0) is 9.53 Å². The highest BCUT2D eigenvalue weighted by atomic mass is 35.5. The summed E-state index contributed by atoms with van der Waals surface area (Å²) in [5, 5.41) is 0. The van der Waals surface area contributed by atoms with E-state index in [0.717, 1.165) is 0 Å². The van der Waals surface area contributed by atoms with E-state index in [-0.39, 0.29) is 35.3 Å². The molecule has 0 spiro atoms. The average Bonchev–Trinajstić information content (AvgIpc) is 2.63. The van der Waals surface area contributed by atoms with Crippen LogP contribution < -0.4 is 5.73 Å². The molecule has 2 saturated carbocycles. The molecule has 0 radical (unpaired) electrons. The van der Waals surface area contributed by atoms with Crippen molar-refractivity contribution in [3.8, 4) is 0 Å². The van der Waals surface area contributed by atoms with Crippen LogP contribution in [0.1, 0.15) is 47.0 Å². The summed E-state index contributed by atoms with van der Waals surface area (Å²) in [6, 6.07) is -0.515. The lowest BCUT2D eigenvalue weighted by molar-refractivity contribution is -0.165. The highest BCUT2D eigenvalue weighted by Gasteiger charge is 2.61. The lowest BCUT2D eigenvalue weighted by atomic mass is 9.70. The Balaban J connectivity index is 0.00000144. The molecule has 2 N–H and O–H groups in total. The Morgan fingerprint density at radius 3 is 2.41 bits per heavy atom. The van der Waals surface area contributed by atoms with E-state index in [1.165, 1.54) is 19.3 Å². The minimum atomic E-state index is -0.515. The van der Waals surface area contributed by atoms with Gasteiger partial charge < -0.3 is 10.5 Å². The fourth-order valence-corrected chi connectivity index (χ4v) is 3.77. The predicted molar refractivity (Wildman–Crippen MR) is 70.0 cm³/mol. The molecule has 0 aromatic rings. The van der Waals surface area contributed by atoms with Gasteiger partial charge in [-0.3, -0.25) is 4.79 Å². The summed E-state index contributed by atoms with van der Waals surface area (Å²) < 4.78 is 5.66. The molecule has 2 rings (SSSR count). The van der Waals surface area contributed by atoms with Crippen LogP contribution in [0.25, 0.3) is 0 Å². The van der Waals surface area contributed by atoms with Crippen molar-refractivity contribution in [1.82, 2.24) is 0 Å². The van der Waals surface area contributed by atoms with Crippen molar-refractivity contribution in [3.63, 3.8) is 0 Å². The number of rotatable bonds is 2. The second-order valence-corrected chi connectivity index (χ2v) is 6.52. The molecular weight excluding hydrogens is 238 g/mol. The van der Waals surface area contributed by atoms with Crippen LogP contribution in [0.5, 0.6) is 0 Å². The molecule has 4 atom stereocenters. The summed E-state index contributed by atoms with van der Waals surface area (Å²) >= 11 is 0. The first kappa shape index (κ1) is 14.8. The largest absolute Gasteiger partial charge is 0.460 e. The maximum atomic E-state index is 11.7. The maximum Gasteiger partial charge on any atom is 0.322 e. The van der Waals surface area contributed by atoms with E-state index in [0.29, 0.717) is 5.92 Å². The Morgan fingerprint density at radius 1 is 1.41 bits per heavy atom. The van der Waals surface area contributed by atoms with Crippen molar-refractivity contribution in [3.05, 3.63) is 0 Å². The van der Waals surface area contributed by atoms with Gasteiger partial charge >= 0.3 is 5.97 Å². The zero-order chi connectivity index (χ0) is 12.1. The van der Waals surface area contributed by atoms with Gasteiger partial charge in [-0.05, 0) is 32.1 Å². The number of halogens is 1. The molecule has 3 unspecified atom stereocenters. The fraction of sp³-hybridized carbons (Fsp3) is 0.923. The Bertz CT molecular complexity index is 312. The second kappa shape index (κ2) is 4.43. The minimum absolute atomic E-state index is 0. The van der Waals surface area contributed by atoms with Gasteiger partial charge in [-0.1, -0.05) is 20.8 Å². The second-order valence-electron chi connectivity index (χ2n) is 6.52. The molecule has 0 aromatic heterocycles. The van der Waals surface area contributed by atoms with E-state index >= 15 is 0 Å². The number of carbonyl (C=O) groups is 1. The average molecular weight is 262 g/mol. The van der Waals surface area contributed by atoms with Gasteiger partial charge in [0.05, 0.1) is 0 Å². The molecule has 0 aliphatic heterocycles. The van der Waals surface area contributed by atoms with Gasteiger partial charge in [0, 0.05) is 10.8 Å². The van der Waals surface area contributed by atoms with Crippen molar-refractivity contribution in [2.45, 2.75) is 59.1 Å². The van der Waals surface area contributed by atoms with Crippen molar-refractivity contribution in [2.24, 2.45) is 22.5 Å². The van der Waals surface area contributed by atoms with E-state index in [2.05, 4.69) is 20.8 Å². The monoisotopic (exact) mass is 261 g/mol. The van der Waals surface area contributed by atoms with Gasteiger partial charge in [0.15, 0.2) is 0 Å². The summed E-state index contributed by atoms with van der Waals surface area (Å²) in [4.78, 5) is 11.7. The number of hydrogen-bond donors (Lipinski definition) is 1. The topological polar surface area (TPSA) is 52.3 Å². The molecule has 0 aromatic carbocycles. The van der Waals surface area contributed by atoms with Crippen LogP contribution in [0.15, 0.2) is 0 Å². The summed E-state index contributed by atoms with van der Waals surface area (Å²) in [5.41, 5.74) is 5.86. The summed E-state index contributed by atoms with van der Waals surface area (Å²) in [6.45, 7) is 8.38. The summed E-state index contributed by atoms with van der Waals surface area (Å²) in [7, 11) is 0. The number of fused-ring (bicyclic) bond motifs is 2. The minimum Gasteiger partial charge on any atom is -0.460 e. The van der Waals surface area contributed by atoms with Gasteiger partial charge in [0.1, 0.15) is 12.1 Å². The van der Waals surface area contributed by atoms with E-state index in [1.54, 1.807) is 6.92 Å². The van der Waals surface area contributed by atoms with Crippen LogP contribution in [0.2, 0.25) is 0 Å². The first-order valence-electron chi connectivity index (χ1n) is 6.23. The molecule has 17 heavy (non-hydrogen) atoms. The first-order chi connectivity index (χ1) is 7.27. The first-order valence-corrected chi connectivity index (χ1v) is 6.23. The number of nitrogens with two attached hydrogens (primary N) is 1. The van der Waals surface area contributed by atoms with Crippen LogP contribution in [0.4, 0.5) is 0 Å². The zero-order valence-corrected chi connectivity index (χ0v) is 12.0. The highest BCUT2D eigenvalue weighted by Crippen LogP contribution is 2.63. The van der Waals surface area contributed by atoms with E-state index in [4.69, 9.17) is 10.5 Å². The van der Waals surface area contributed by atoms with Crippen LogP contribution in [-0.4, -0.2) is 18.1 Å². The van der Waals surface area contributed by atoms with Crippen LogP contribution in [0.3, 0.4) is 0 Å². The number of esters is 1. The molecule has 2 aliphatic rings. The molecule has 2 bridgehead atoms. The quantitative estimate of drug-likeness (QED) is 0.777. The van der Waals surface area contributed by atoms with Crippen LogP contribution >= 0.6 is 12.4 Å². The maximum absolute atomic E-state index is 11.7. The lowest BCUT2D eigenvalue weighted by Gasteiger charge is -2.41. The third-order valence-corrected chi connectivity index (χ3v) is 4.74. The van der Waals surface area contributed by atoms with E-state index in [9.17, 15) is 4.79 Å². The Labute approximate surface area is 110 Å². The van der Waals surface area contributed by atoms with Crippen molar-refractivity contribution >= 4 is 18.4 Å². The Morgan fingerprint density at radius 2 is 2.00 bits per heavy atom. The molecule has 0 amide bonds. The molecule has 2 fully saturated rings. The molecule has 3 nitrogen and oxygen atoms in total. The lowest BCUT2D eigenvalue weighted by Crippen LogP contribution is -2.46. The molecule has 100 valence electrons. The molecule has 0 saturated heterocycles. The number of carbonyl (C=O) groups excluding carboxylic acids is 1. The zero-order valence-electron chi connectivity index (χ0n) is 11.2. The summed E-state index contributed by atoms with van der Waals surface area (Å²) in [6.07, 6.45) is 3.68. The molecular formula is C13H24ClNO2. The van der Waals surface area contributed by atoms with E-state index < -0.39 is 6.04 Å². The molecule has 2 aliphatic carbocycles. The van der Waals surface area contributed by atoms with Crippen molar-refractivity contribution in [2.75, 3.05) is 0 Å². The predicted octanol–water partition coefficient (Wildman–Crippen LogP) is 2.51. The van der Waals surface area contributed by atoms with Gasteiger partial charge in [-0.25, -0.2) is 0 Å². The van der Waals surface area contributed by atoms with Crippen LogP contribution in [0, 0.1) is 16.7 Å². The Kier molecular flexibility index (Phi) is 3.85. The normalized spacial score (nSPS) is 39.6. The standard InChI is InChI=1S/C13H23NO2.ClH/c1-8(14)10(15)16-11-12(2,3)9-5-6-13(11,4)7-9;/h8-9,11H,5-7,14H2,1-4H3;1H/t8-,9?,11?,13?;/m0./s1. The third-order valence-electron chi connectivity index (χ3n) is 4.74. The van der Waals surface area contributed by atoms with Gasteiger partial charge in [0.25, 0.3) is 0 Å². The number of hydrogen-bond acceptors (Lipinski definition) is 3. The molecule has 0 heterocycles. The SMILES string of the molecule is C[C@H](N)C(=O)OC1C2(C)CCC(C2)C1(C)C.Cl. The van der Waals surface area contributed by atoms with E-state index in [1.807, 2.05) is 0 Å².